The van der Waals surface area contributed by atoms with Gasteiger partial charge in [-0.15, -0.1) is 0 Å². The maximum Gasteiger partial charge on any atom is 0.222 e. The highest BCUT2D eigenvalue weighted by Crippen LogP contribution is 2.33. The van der Waals surface area contributed by atoms with Crippen molar-refractivity contribution in [1.29, 1.82) is 0 Å². The average molecular weight is 206 g/mol. The van der Waals surface area contributed by atoms with Crippen molar-refractivity contribution in [2.75, 3.05) is 18.4 Å². The zero-order valence-corrected chi connectivity index (χ0v) is 8.95. The first-order chi connectivity index (χ1) is 7.40. The van der Waals surface area contributed by atoms with Crippen LogP contribution in [0.5, 0.6) is 0 Å². The monoisotopic (exact) mass is 206 g/mol. The third-order valence-electron chi connectivity index (χ3n) is 2.93. The lowest BCUT2D eigenvalue weighted by Crippen LogP contribution is -2.14. The van der Waals surface area contributed by atoms with Gasteiger partial charge in [0.05, 0.1) is 0 Å². The quantitative estimate of drug-likeness (QED) is 0.783. The van der Waals surface area contributed by atoms with E-state index >= 15 is 0 Å². The van der Waals surface area contributed by atoms with Gasteiger partial charge in [-0.3, -0.25) is 0 Å². The van der Waals surface area contributed by atoms with Crippen molar-refractivity contribution in [2.24, 2.45) is 5.73 Å². The van der Waals surface area contributed by atoms with Gasteiger partial charge in [-0.2, -0.15) is 0 Å². The summed E-state index contributed by atoms with van der Waals surface area (Å²) in [6.07, 6.45) is 9.16. The van der Waals surface area contributed by atoms with Crippen LogP contribution in [0, 0.1) is 0 Å². The van der Waals surface area contributed by atoms with Crippen LogP contribution in [0.2, 0.25) is 0 Å². The molecular formula is C11H18N4. The number of nitrogens with one attached hydrogen (secondary N) is 1. The summed E-state index contributed by atoms with van der Waals surface area (Å²) >= 11 is 0. The molecule has 2 rings (SSSR count). The van der Waals surface area contributed by atoms with Crippen molar-refractivity contribution < 1.29 is 0 Å². The van der Waals surface area contributed by atoms with Crippen LogP contribution in [0.3, 0.4) is 0 Å². The number of hydrogen-bond acceptors (Lipinski definition) is 4. The van der Waals surface area contributed by atoms with Gasteiger partial charge in [0, 0.05) is 25.5 Å². The first-order valence-corrected chi connectivity index (χ1v) is 5.66. The Kier molecular flexibility index (Phi) is 3.50. The summed E-state index contributed by atoms with van der Waals surface area (Å²) in [5.41, 5.74) is 6.67. The Morgan fingerprint density at radius 2 is 1.93 bits per heavy atom. The third kappa shape index (κ3) is 2.65. The molecule has 1 aromatic heterocycles. The number of nitrogens with two attached hydrogens (primary N) is 1. The Hall–Kier alpha value is -1.16. The molecule has 4 heteroatoms. The van der Waals surface area contributed by atoms with Gasteiger partial charge in [0.1, 0.15) is 0 Å². The molecule has 1 fully saturated rings. The van der Waals surface area contributed by atoms with E-state index in [0.717, 1.165) is 6.54 Å². The molecule has 1 aliphatic rings. The van der Waals surface area contributed by atoms with Gasteiger partial charge < -0.3 is 11.1 Å². The Balaban J connectivity index is 1.96. The lowest BCUT2D eigenvalue weighted by atomic mass is 10.0. The Labute approximate surface area is 90.3 Å². The molecule has 1 aliphatic carbocycles. The lowest BCUT2D eigenvalue weighted by molar-refractivity contribution is 0.714. The molecule has 0 bridgehead atoms. The fourth-order valence-corrected chi connectivity index (χ4v) is 2.08. The SMILES string of the molecule is NCCNc1ncc(C2CCCC2)cn1. The van der Waals surface area contributed by atoms with Crippen LogP contribution < -0.4 is 11.1 Å². The second-order valence-electron chi connectivity index (χ2n) is 4.04. The van der Waals surface area contributed by atoms with Crippen LogP contribution >= 0.6 is 0 Å². The lowest BCUT2D eigenvalue weighted by Gasteiger charge is -2.09. The minimum absolute atomic E-state index is 0.605. The molecule has 0 amide bonds. The number of nitrogens with zero attached hydrogens (tertiary/aromatic N) is 2. The van der Waals surface area contributed by atoms with Gasteiger partial charge in [0.15, 0.2) is 0 Å². The predicted octanol–water partition coefficient (Wildman–Crippen LogP) is 1.50. The number of hydrogen-bond donors (Lipinski definition) is 2. The normalized spacial score (nSPS) is 16.9. The zero-order chi connectivity index (χ0) is 10.5. The molecule has 0 radical (unpaired) electrons. The van der Waals surface area contributed by atoms with E-state index in [1.54, 1.807) is 0 Å². The molecule has 15 heavy (non-hydrogen) atoms. The molecule has 1 heterocycles. The highest BCUT2D eigenvalue weighted by Gasteiger charge is 2.17. The number of anilines is 1. The molecule has 0 aromatic carbocycles. The van der Waals surface area contributed by atoms with Gasteiger partial charge in [0.2, 0.25) is 5.95 Å². The fourth-order valence-electron chi connectivity index (χ4n) is 2.08. The van der Waals surface area contributed by atoms with Gasteiger partial charge >= 0.3 is 0 Å². The van der Waals surface area contributed by atoms with Crippen LogP contribution in [-0.2, 0) is 0 Å². The van der Waals surface area contributed by atoms with Crippen LogP contribution in [0.15, 0.2) is 12.4 Å². The molecule has 82 valence electrons. The fraction of sp³-hybridized carbons (Fsp3) is 0.636. The molecule has 0 aliphatic heterocycles. The van der Waals surface area contributed by atoms with Crippen molar-refractivity contribution in [2.45, 2.75) is 31.6 Å². The van der Waals surface area contributed by atoms with E-state index in [0.29, 0.717) is 18.4 Å². The van der Waals surface area contributed by atoms with Gasteiger partial charge in [-0.05, 0) is 24.3 Å². The van der Waals surface area contributed by atoms with E-state index in [4.69, 9.17) is 5.73 Å². The number of aromatic nitrogens is 2. The minimum Gasteiger partial charge on any atom is -0.353 e. The first kappa shape index (κ1) is 10.4. The molecule has 1 saturated carbocycles. The topological polar surface area (TPSA) is 63.8 Å². The molecular weight excluding hydrogens is 188 g/mol. The van der Waals surface area contributed by atoms with Crippen molar-refractivity contribution in [3.8, 4) is 0 Å². The van der Waals surface area contributed by atoms with Crippen LogP contribution in [0.25, 0.3) is 0 Å². The van der Waals surface area contributed by atoms with Crippen LogP contribution in [0.1, 0.15) is 37.2 Å². The van der Waals surface area contributed by atoms with E-state index in [1.165, 1.54) is 31.2 Å². The predicted molar refractivity (Wildman–Crippen MR) is 60.8 cm³/mol. The van der Waals surface area contributed by atoms with E-state index < -0.39 is 0 Å². The first-order valence-electron chi connectivity index (χ1n) is 5.66. The Bertz CT molecular complexity index is 290. The molecule has 0 atom stereocenters. The van der Waals surface area contributed by atoms with Gasteiger partial charge in [-0.1, -0.05) is 12.8 Å². The smallest absolute Gasteiger partial charge is 0.222 e. The Morgan fingerprint density at radius 3 is 2.53 bits per heavy atom. The average Bonchev–Trinajstić information content (AvgIpc) is 2.80. The van der Waals surface area contributed by atoms with Gasteiger partial charge in [0.25, 0.3) is 0 Å². The van der Waals surface area contributed by atoms with E-state index in [1.807, 2.05) is 12.4 Å². The highest BCUT2D eigenvalue weighted by molar-refractivity contribution is 5.26. The summed E-state index contributed by atoms with van der Waals surface area (Å²) in [7, 11) is 0. The third-order valence-corrected chi connectivity index (χ3v) is 2.93. The zero-order valence-electron chi connectivity index (χ0n) is 8.95. The largest absolute Gasteiger partial charge is 0.353 e. The Morgan fingerprint density at radius 1 is 1.27 bits per heavy atom. The molecule has 0 spiro atoms. The second-order valence-corrected chi connectivity index (χ2v) is 4.04. The molecule has 3 N–H and O–H groups in total. The summed E-state index contributed by atoms with van der Waals surface area (Å²) < 4.78 is 0. The summed E-state index contributed by atoms with van der Waals surface area (Å²) in [4.78, 5) is 8.57. The van der Waals surface area contributed by atoms with E-state index in [-0.39, 0.29) is 0 Å². The van der Waals surface area contributed by atoms with Crippen molar-refractivity contribution >= 4 is 5.95 Å². The van der Waals surface area contributed by atoms with E-state index in [9.17, 15) is 0 Å². The van der Waals surface area contributed by atoms with Crippen molar-refractivity contribution in [3.63, 3.8) is 0 Å². The molecule has 4 nitrogen and oxygen atoms in total. The summed E-state index contributed by atoms with van der Waals surface area (Å²) in [6.45, 7) is 1.33. The maximum atomic E-state index is 5.39. The summed E-state index contributed by atoms with van der Waals surface area (Å²) in [5, 5.41) is 3.06. The standard InChI is InChI=1S/C11H18N4/c12-5-6-13-11-14-7-10(8-15-11)9-3-1-2-4-9/h7-9H,1-6,12H2,(H,13,14,15). The molecule has 0 unspecified atom stereocenters. The van der Waals surface area contributed by atoms with Gasteiger partial charge in [-0.25, -0.2) is 9.97 Å². The second kappa shape index (κ2) is 5.07. The van der Waals surface area contributed by atoms with Crippen LogP contribution in [0.4, 0.5) is 5.95 Å². The molecule has 0 saturated heterocycles. The van der Waals surface area contributed by atoms with Crippen molar-refractivity contribution in [1.82, 2.24) is 9.97 Å². The highest BCUT2D eigenvalue weighted by atomic mass is 15.1. The maximum absolute atomic E-state index is 5.39. The van der Waals surface area contributed by atoms with E-state index in [2.05, 4.69) is 15.3 Å². The minimum atomic E-state index is 0.605. The van der Waals surface area contributed by atoms with Crippen LogP contribution in [-0.4, -0.2) is 23.1 Å². The van der Waals surface area contributed by atoms with Crippen molar-refractivity contribution in [3.05, 3.63) is 18.0 Å². The summed E-state index contributed by atoms with van der Waals surface area (Å²) in [6, 6.07) is 0. The molecule has 1 aromatic rings. The summed E-state index contributed by atoms with van der Waals surface area (Å²) in [5.74, 6) is 1.37. The number of rotatable bonds is 4.